The predicted octanol–water partition coefficient (Wildman–Crippen LogP) is 2.33. The number of hydrogen-bond acceptors (Lipinski definition) is 6. The fraction of sp³-hybridized carbons (Fsp3) is 0.385. The Morgan fingerprint density at radius 2 is 2.20 bits per heavy atom. The van der Waals surface area contributed by atoms with Crippen molar-refractivity contribution in [3.05, 3.63) is 34.4 Å². The summed E-state index contributed by atoms with van der Waals surface area (Å²) >= 11 is 5.99. The molecule has 0 bridgehead atoms. The molecule has 0 saturated heterocycles. The summed E-state index contributed by atoms with van der Waals surface area (Å²) in [7, 11) is 1.54. The Labute approximate surface area is 121 Å². The molecule has 0 amide bonds. The average Bonchev–Trinajstić information content (AvgIpc) is 2.92. The average molecular weight is 298 g/mol. The van der Waals surface area contributed by atoms with Gasteiger partial charge in [0.2, 0.25) is 11.7 Å². The lowest BCUT2D eigenvalue weighted by molar-refractivity contribution is 0.266. The van der Waals surface area contributed by atoms with Gasteiger partial charge < -0.3 is 19.7 Å². The van der Waals surface area contributed by atoms with Crippen molar-refractivity contribution in [1.29, 1.82) is 0 Å². The molecule has 2 rings (SSSR count). The maximum absolute atomic E-state index is 5.99. The third-order valence-corrected chi connectivity index (χ3v) is 2.91. The molecule has 2 N–H and O–H groups in total. The van der Waals surface area contributed by atoms with E-state index < -0.39 is 0 Å². The highest BCUT2D eigenvalue weighted by Gasteiger charge is 2.13. The van der Waals surface area contributed by atoms with E-state index in [0.717, 1.165) is 5.56 Å². The van der Waals surface area contributed by atoms with Crippen molar-refractivity contribution in [3.8, 4) is 11.5 Å². The van der Waals surface area contributed by atoms with Crippen LogP contribution in [0.5, 0.6) is 11.5 Å². The summed E-state index contributed by atoms with van der Waals surface area (Å²) < 4.78 is 16.0. The monoisotopic (exact) mass is 297 g/mol. The van der Waals surface area contributed by atoms with Gasteiger partial charge in [-0.2, -0.15) is 4.98 Å². The van der Waals surface area contributed by atoms with Crippen molar-refractivity contribution in [2.75, 3.05) is 7.11 Å². The highest BCUT2D eigenvalue weighted by molar-refractivity contribution is 6.30. The Balaban J connectivity index is 2.19. The SMILES string of the molecule is CCc1nc(COc2c(CN)cc(Cl)cc2OC)no1. The van der Waals surface area contributed by atoms with Gasteiger partial charge in [-0.1, -0.05) is 23.7 Å². The minimum Gasteiger partial charge on any atom is -0.493 e. The molecule has 0 unspecified atom stereocenters. The third-order valence-electron chi connectivity index (χ3n) is 2.69. The number of benzene rings is 1. The summed E-state index contributed by atoms with van der Waals surface area (Å²) in [5.74, 6) is 2.12. The van der Waals surface area contributed by atoms with E-state index in [4.69, 9.17) is 31.3 Å². The van der Waals surface area contributed by atoms with Gasteiger partial charge in [0.25, 0.3) is 0 Å². The highest BCUT2D eigenvalue weighted by atomic mass is 35.5. The molecule has 1 aromatic carbocycles. The van der Waals surface area contributed by atoms with Gasteiger partial charge in [0.15, 0.2) is 18.1 Å². The fourth-order valence-electron chi connectivity index (χ4n) is 1.72. The zero-order valence-electron chi connectivity index (χ0n) is 11.4. The maximum atomic E-state index is 5.99. The second-order valence-electron chi connectivity index (χ2n) is 4.05. The number of nitrogens with zero attached hydrogens (tertiary/aromatic N) is 2. The number of nitrogens with two attached hydrogens (primary N) is 1. The summed E-state index contributed by atoms with van der Waals surface area (Å²) in [6.07, 6.45) is 0.686. The van der Waals surface area contributed by atoms with Crippen molar-refractivity contribution >= 4 is 11.6 Å². The number of aryl methyl sites for hydroxylation is 1. The number of aromatic nitrogens is 2. The fourth-order valence-corrected chi connectivity index (χ4v) is 1.95. The van der Waals surface area contributed by atoms with Gasteiger partial charge in [-0.05, 0) is 6.07 Å². The number of halogens is 1. The van der Waals surface area contributed by atoms with E-state index in [1.54, 1.807) is 19.2 Å². The molecule has 0 atom stereocenters. The Bertz CT molecular complexity index is 561. The molecular weight excluding hydrogens is 282 g/mol. The van der Waals surface area contributed by atoms with E-state index in [1.807, 2.05) is 6.92 Å². The molecule has 20 heavy (non-hydrogen) atoms. The van der Waals surface area contributed by atoms with Crippen LogP contribution in [0.25, 0.3) is 0 Å². The van der Waals surface area contributed by atoms with E-state index in [0.29, 0.717) is 41.2 Å². The summed E-state index contributed by atoms with van der Waals surface area (Å²) in [5, 5.41) is 4.37. The molecule has 0 radical (unpaired) electrons. The standard InChI is InChI=1S/C13H16ClN3O3/c1-3-12-16-11(17-20-12)7-19-13-8(6-15)4-9(14)5-10(13)18-2/h4-5H,3,6-7,15H2,1-2H3. The molecular formula is C13H16ClN3O3. The second-order valence-corrected chi connectivity index (χ2v) is 4.48. The Hall–Kier alpha value is -1.79. The van der Waals surface area contributed by atoms with Gasteiger partial charge >= 0.3 is 0 Å². The summed E-state index contributed by atoms with van der Waals surface area (Å²) in [6, 6.07) is 3.41. The largest absolute Gasteiger partial charge is 0.493 e. The first-order chi connectivity index (χ1) is 9.67. The van der Waals surface area contributed by atoms with E-state index in [1.165, 1.54) is 0 Å². The van der Waals surface area contributed by atoms with Gasteiger partial charge in [-0.15, -0.1) is 0 Å². The Morgan fingerprint density at radius 3 is 2.80 bits per heavy atom. The summed E-state index contributed by atoms with van der Waals surface area (Å²) in [6.45, 7) is 2.40. The van der Waals surface area contributed by atoms with Crippen molar-refractivity contribution in [1.82, 2.24) is 10.1 Å². The van der Waals surface area contributed by atoms with Gasteiger partial charge in [0.1, 0.15) is 0 Å². The molecule has 7 heteroatoms. The molecule has 6 nitrogen and oxygen atoms in total. The van der Waals surface area contributed by atoms with Crippen LogP contribution in [-0.4, -0.2) is 17.3 Å². The number of ether oxygens (including phenoxy) is 2. The number of rotatable bonds is 6. The first-order valence-corrected chi connectivity index (χ1v) is 6.56. The Kier molecular flexibility index (Phi) is 4.81. The van der Waals surface area contributed by atoms with Crippen LogP contribution in [-0.2, 0) is 19.6 Å². The topological polar surface area (TPSA) is 83.4 Å². The molecule has 0 fully saturated rings. The lowest BCUT2D eigenvalue weighted by Gasteiger charge is -2.13. The zero-order chi connectivity index (χ0) is 14.5. The Morgan fingerprint density at radius 1 is 1.40 bits per heavy atom. The quantitative estimate of drug-likeness (QED) is 0.881. The van der Waals surface area contributed by atoms with E-state index >= 15 is 0 Å². The first-order valence-electron chi connectivity index (χ1n) is 6.18. The van der Waals surface area contributed by atoms with Crippen LogP contribution in [0.2, 0.25) is 5.02 Å². The van der Waals surface area contributed by atoms with E-state index in [9.17, 15) is 0 Å². The zero-order valence-corrected chi connectivity index (χ0v) is 12.1. The molecule has 0 saturated carbocycles. The maximum Gasteiger partial charge on any atom is 0.226 e. The van der Waals surface area contributed by atoms with Gasteiger partial charge in [0, 0.05) is 29.6 Å². The normalized spacial score (nSPS) is 10.6. The molecule has 2 aromatic rings. The lowest BCUT2D eigenvalue weighted by Crippen LogP contribution is -2.05. The van der Waals surface area contributed by atoms with Crippen LogP contribution >= 0.6 is 11.6 Å². The van der Waals surface area contributed by atoms with Crippen molar-refractivity contribution in [2.45, 2.75) is 26.5 Å². The first kappa shape index (κ1) is 14.6. The summed E-state index contributed by atoms with van der Waals surface area (Å²) in [4.78, 5) is 4.17. The highest BCUT2D eigenvalue weighted by Crippen LogP contribution is 2.34. The van der Waals surface area contributed by atoms with Crippen LogP contribution in [0.1, 0.15) is 24.2 Å². The molecule has 1 aromatic heterocycles. The van der Waals surface area contributed by atoms with Crippen LogP contribution in [0.4, 0.5) is 0 Å². The minimum atomic E-state index is 0.175. The van der Waals surface area contributed by atoms with Gasteiger partial charge in [-0.3, -0.25) is 0 Å². The summed E-state index contributed by atoms with van der Waals surface area (Å²) in [5.41, 5.74) is 6.45. The smallest absolute Gasteiger partial charge is 0.226 e. The van der Waals surface area contributed by atoms with Crippen LogP contribution < -0.4 is 15.2 Å². The van der Waals surface area contributed by atoms with Gasteiger partial charge in [-0.25, -0.2) is 0 Å². The number of hydrogen-bond donors (Lipinski definition) is 1. The van der Waals surface area contributed by atoms with Crippen LogP contribution in [0.3, 0.4) is 0 Å². The molecule has 0 aliphatic carbocycles. The van der Waals surface area contributed by atoms with Gasteiger partial charge in [0.05, 0.1) is 7.11 Å². The lowest BCUT2D eigenvalue weighted by atomic mass is 10.2. The molecule has 1 heterocycles. The van der Waals surface area contributed by atoms with Crippen LogP contribution in [0.15, 0.2) is 16.7 Å². The van der Waals surface area contributed by atoms with E-state index in [2.05, 4.69) is 10.1 Å². The van der Waals surface area contributed by atoms with E-state index in [-0.39, 0.29) is 6.61 Å². The predicted molar refractivity (Wildman–Crippen MR) is 73.9 cm³/mol. The third kappa shape index (κ3) is 3.20. The molecule has 0 aliphatic rings. The molecule has 108 valence electrons. The molecule has 0 spiro atoms. The van der Waals surface area contributed by atoms with Crippen molar-refractivity contribution in [2.24, 2.45) is 5.73 Å². The molecule has 0 aliphatic heterocycles. The van der Waals surface area contributed by atoms with Crippen molar-refractivity contribution in [3.63, 3.8) is 0 Å². The minimum absolute atomic E-state index is 0.175. The van der Waals surface area contributed by atoms with Crippen LogP contribution in [0, 0.1) is 0 Å². The second kappa shape index (κ2) is 6.58. The number of methoxy groups -OCH3 is 1. The van der Waals surface area contributed by atoms with Crippen molar-refractivity contribution < 1.29 is 14.0 Å².